The minimum atomic E-state index is -0.556. The van der Waals surface area contributed by atoms with Gasteiger partial charge in [-0.25, -0.2) is 14.4 Å². The average Bonchev–Trinajstić information content (AvgIpc) is 2.87. The van der Waals surface area contributed by atoms with E-state index in [-0.39, 0.29) is 33.7 Å². The summed E-state index contributed by atoms with van der Waals surface area (Å²) in [5.74, 6) is 0.452. The number of aromatic hydroxyl groups is 1. The second kappa shape index (κ2) is 9.39. The number of phenolic OH excluding ortho intramolecular Hbond substituents is 1. The van der Waals surface area contributed by atoms with Crippen molar-refractivity contribution < 1.29 is 14.3 Å². The molecular formula is C28H26ClFN4O2. The van der Waals surface area contributed by atoms with Crippen molar-refractivity contribution in [3.63, 3.8) is 0 Å². The van der Waals surface area contributed by atoms with E-state index in [1.165, 1.54) is 12.1 Å². The summed E-state index contributed by atoms with van der Waals surface area (Å²) in [7, 11) is 0. The van der Waals surface area contributed by atoms with E-state index in [4.69, 9.17) is 16.6 Å². The summed E-state index contributed by atoms with van der Waals surface area (Å²) in [6, 6.07) is 12.3. The SMILES string of the molecule is C=CC(=O)N1CCN(c2nc(C(C)C)nc3c(F)c(-c4cc(O)cc5ccccc45)c(Cl)cc23)CC1. The lowest BCUT2D eigenvalue weighted by Gasteiger charge is -2.35. The van der Waals surface area contributed by atoms with Crippen LogP contribution in [0.2, 0.25) is 5.02 Å². The van der Waals surface area contributed by atoms with Crippen molar-refractivity contribution in [2.24, 2.45) is 0 Å². The zero-order valence-electron chi connectivity index (χ0n) is 20.1. The van der Waals surface area contributed by atoms with Gasteiger partial charge in [-0.1, -0.05) is 56.3 Å². The monoisotopic (exact) mass is 504 g/mol. The molecule has 6 nitrogen and oxygen atoms in total. The summed E-state index contributed by atoms with van der Waals surface area (Å²) in [6.07, 6.45) is 1.31. The number of carbonyl (C=O) groups excluding carboxylic acids is 1. The normalized spacial score (nSPS) is 14.1. The number of amides is 1. The molecule has 1 aliphatic heterocycles. The van der Waals surface area contributed by atoms with Gasteiger partial charge in [0.25, 0.3) is 0 Å². The smallest absolute Gasteiger partial charge is 0.246 e. The maximum Gasteiger partial charge on any atom is 0.246 e. The number of hydrogen-bond donors (Lipinski definition) is 1. The van der Waals surface area contributed by atoms with Gasteiger partial charge < -0.3 is 14.9 Å². The molecule has 0 bridgehead atoms. The Labute approximate surface area is 213 Å². The first-order chi connectivity index (χ1) is 17.3. The molecule has 3 aromatic carbocycles. The number of rotatable bonds is 4. The van der Waals surface area contributed by atoms with Crippen molar-refractivity contribution in [2.45, 2.75) is 19.8 Å². The summed E-state index contributed by atoms with van der Waals surface area (Å²) in [4.78, 5) is 25.2. The van der Waals surface area contributed by atoms with Crippen LogP contribution in [0.1, 0.15) is 25.6 Å². The van der Waals surface area contributed by atoms with Crippen LogP contribution in [0.25, 0.3) is 32.8 Å². The van der Waals surface area contributed by atoms with Gasteiger partial charge in [0, 0.05) is 43.0 Å². The highest BCUT2D eigenvalue weighted by molar-refractivity contribution is 6.35. The third-order valence-electron chi connectivity index (χ3n) is 6.58. The molecule has 4 aromatic rings. The molecule has 1 amide bonds. The number of nitrogens with zero attached hydrogens (tertiary/aromatic N) is 4. The highest BCUT2D eigenvalue weighted by atomic mass is 35.5. The minimum Gasteiger partial charge on any atom is -0.508 e. The molecule has 0 atom stereocenters. The third kappa shape index (κ3) is 4.13. The largest absolute Gasteiger partial charge is 0.508 e. The molecule has 0 saturated carbocycles. The van der Waals surface area contributed by atoms with Crippen molar-refractivity contribution in [3.05, 3.63) is 71.8 Å². The predicted molar refractivity (Wildman–Crippen MR) is 142 cm³/mol. The van der Waals surface area contributed by atoms with Gasteiger partial charge in [0.15, 0.2) is 5.82 Å². The van der Waals surface area contributed by atoms with Crippen molar-refractivity contribution in [1.29, 1.82) is 0 Å². The number of carbonyl (C=O) groups is 1. The molecule has 1 N–H and O–H groups in total. The maximum atomic E-state index is 16.3. The van der Waals surface area contributed by atoms with Gasteiger partial charge in [0.05, 0.1) is 5.02 Å². The zero-order chi connectivity index (χ0) is 25.6. The van der Waals surface area contributed by atoms with Crippen LogP contribution in [0.5, 0.6) is 5.75 Å². The van der Waals surface area contributed by atoms with Gasteiger partial charge in [-0.05, 0) is 40.6 Å². The van der Waals surface area contributed by atoms with Crippen LogP contribution in [-0.4, -0.2) is 52.1 Å². The van der Waals surface area contributed by atoms with Crippen molar-refractivity contribution >= 4 is 45.0 Å². The fourth-order valence-corrected chi connectivity index (χ4v) is 5.01. The second-order valence-corrected chi connectivity index (χ2v) is 9.64. The standard InChI is InChI=1S/C28H26ClFN4O2/c1-4-23(36)33-9-11-34(12-10-33)28-21-15-22(29)24(25(30)26(21)31-27(32-28)16(2)3)20-14-18(35)13-17-7-5-6-8-19(17)20/h4-8,13-16,35H,1,9-12H2,2-3H3. The molecule has 0 radical (unpaired) electrons. The molecule has 2 heterocycles. The molecule has 1 saturated heterocycles. The van der Waals surface area contributed by atoms with Crippen LogP contribution in [0.15, 0.2) is 55.1 Å². The predicted octanol–water partition coefficient (Wildman–Crippen LogP) is 5.91. The van der Waals surface area contributed by atoms with E-state index in [9.17, 15) is 9.90 Å². The Kier molecular flexibility index (Phi) is 6.26. The summed E-state index contributed by atoms with van der Waals surface area (Å²) >= 11 is 6.73. The topological polar surface area (TPSA) is 69.6 Å². The first-order valence-electron chi connectivity index (χ1n) is 11.9. The van der Waals surface area contributed by atoms with Crippen LogP contribution in [0.4, 0.5) is 10.2 Å². The van der Waals surface area contributed by atoms with Crippen LogP contribution in [0, 0.1) is 5.82 Å². The summed E-state index contributed by atoms with van der Waals surface area (Å²) in [5, 5.41) is 12.6. The van der Waals surface area contributed by atoms with Crippen molar-refractivity contribution in [2.75, 3.05) is 31.1 Å². The maximum absolute atomic E-state index is 16.3. The summed E-state index contributed by atoms with van der Waals surface area (Å²) in [6.45, 7) is 9.60. The quantitative estimate of drug-likeness (QED) is 0.350. The van der Waals surface area contributed by atoms with E-state index < -0.39 is 5.82 Å². The molecule has 0 aliphatic carbocycles. The molecule has 184 valence electrons. The third-order valence-corrected chi connectivity index (χ3v) is 6.88. The van der Waals surface area contributed by atoms with Crippen LogP contribution >= 0.6 is 11.6 Å². The number of hydrogen-bond acceptors (Lipinski definition) is 5. The molecule has 36 heavy (non-hydrogen) atoms. The molecule has 1 aromatic heterocycles. The summed E-state index contributed by atoms with van der Waals surface area (Å²) in [5.41, 5.74) is 0.870. The van der Waals surface area contributed by atoms with E-state index >= 15 is 4.39 Å². The van der Waals surface area contributed by atoms with Crippen LogP contribution < -0.4 is 4.90 Å². The second-order valence-electron chi connectivity index (χ2n) is 9.23. The van der Waals surface area contributed by atoms with Gasteiger partial charge in [0.1, 0.15) is 22.9 Å². The molecular weight excluding hydrogens is 479 g/mol. The van der Waals surface area contributed by atoms with Gasteiger partial charge in [0.2, 0.25) is 5.91 Å². The van der Waals surface area contributed by atoms with Gasteiger partial charge in [-0.2, -0.15) is 0 Å². The van der Waals surface area contributed by atoms with Crippen molar-refractivity contribution in [3.8, 4) is 16.9 Å². The Morgan fingerprint density at radius 3 is 2.53 bits per heavy atom. The number of phenols is 1. The van der Waals surface area contributed by atoms with Crippen molar-refractivity contribution in [1.82, 2.24) is 14.9 Å². The van der Waals surface area contributed by atoms with Crippen LogP contribution in [-0.2, 0) is 4.79 Å². The van der Waals surface area contributed by atoms with Gasteiger partial charge in [-0.15, -0.1) is 0 Å². The van der Waals surface area contributed by atoms with E-state index in [0.717, 1.165) is 10.8 Å². The Morgan fingerprint density at radius 1 is 1.11 bits per heavy atom. The van der Waals surface area contributed by atoms with Crippen LogP contribution in [0.3, 0.4) is 0 Å². The lowest BCUT2D eigenvalue weighted by molar-refractivity contribution is -0.126. The van der Waals surface area contributed by atoms with E-state index in [1.54, 1.807) is 17.0 Å². The molecule has 8 heteroatoms. The average molecular weight is 505 g/mol. The fourth-order valence-electron chi connectivity index (χ4n) is 4.71. The van der Waals surface area contributed by atoms with Gasteiger partial charge >= 0.3 is 0 Å². The minimum absolute atomic E-state index is 0.0254. The number of aromatic nitrogens is 2. The Hall–Kier alpha value is -3.71. The first kappa shape index (κ1) is 24.0. The molecule has 5 rings (SSSR count). The molecule has 1 aliphatic rings. The fraction of sp³-hybridized carbons (Fsp3) is 0.250. The number of fused-ring (bicyclic) bond motifs is 2. The first-order valence-corrected chi connectivity index (χ1v) is 12.2. The highest BCUT2D eigenvalue weighted by Gasteiger charge is 2.26. The molecule has 0 spiro atoms. The van der Waals surface area contributed by atoms with E-state index in [0.29, 0.717) is 48.8 Å². The summed E-state index contributed by atoms with van der Waals surface area (Å²) < 4.78 is 16.3. The highest BCUT2D eigenvalue weighted by Crippen LogP contribution is 2.42. The lowest BCUT2D eigenvalue weighted by atomic mass is 9.96. The number of anilines is 1. The number of halogens is 2. The number of piperazine rings is 1. The van der Waals surface area contributed by atoms with Gasteiger partial charge in [-0.3, -0.25) is 4.79 Å². The molecule has 1 fully saturated rings. The molecule has 0 unspecified atom stereocenters. The van der Waals surface area contributed by atoms with E-state index in [1.807, 2.05) is 43.0 Å². The Morgan fingerprint density at radius 2 is 1.83 bits per heavy atom. The number of benzene rings is 3. The lowest BCUT2D eigenvalue weighted by Crippen LogP contribution is -2.48. The zero-order valence-corrected chi connectivity index (χ0v) is 20.9. The Bertz CT molecular complexity index is 1510. The van der Waals surface area contributed by atoms with E-state index in [2.05, 4.69) is 11.6 Å². The Balaban J connectivity index is 1.70.